The van der Waals surface area contributed by atoms with Crippen LogP contribution in [0.15, 0.2) is 24.3 Å². The summed E-state index contributed by atoms with van der Waals surface area (Å²) in [7, 11) is 2.81. The zero-order valence-electron chi connectivity index (χ0n) is 24.0. The lowest BCUT2D eigenvalue weighted by Crippen LogP contribution is -2.22. The Bertz CT molecular complexity index is 1730. The van der Waals surface area contributed by atoms with Crippen molar-refractivity contribution in [2.45, 2.75) is 44.3 Å². The van der Waals surface area contributed by atoms with E-state index in [0.29, 0.717) is 29.2 Å². The van der Waals surface area contributed by atoms with Crippen molar-refractivity contribution in [2.24, 2.45) is 0 Å². The molecule has 2 atom stereocenters. The van der Waals surface area contributed by atoms with Gasteiger partial charge in [-0.1, -0.05) is 12.0 Å². The van der Waals surface area contributed by atoms with Crippen LogP contribution in [0.25, 0.3) is 32.9 Å². The Balaban J connectivity index is 0.000000310. The SMILES string of the molecule is C#Cc1c(F)ccc2cc(O)cc(-c3nc(OC)c4c(N5CCCC5)nc(OC)nc4c3F)c12.FC1CC2CCCN2C1. The topological polar surface area (TPSA) is 83.8 Å². The highest BCUT2D eigenvalue weighted by molar-refractivity contribution is 6.04. The van der Waals surface area contributed by atoms with Crippen molar-refractivity contribution in [2.75, 3.05) is 45.3 Å². The van der Waals surface area contributed by atoms with Crippen LogP contribution in [0.1, 0.15) is 37.7 Å². The lowest BCUT2D eigenvalue weighted by Gasteiger charge is -2.21. The number of aromatic nitrogens is 3. The Labute approximate surface area is 247 Å². The molecule has 224 valence electrons. The van der Waals surface area contributed by atoms with Crippen LogP contribution < -0.4 is 14.4 Å². The van der Waals surface area contributed by atoms with Gasteiger partial charge in [0.2, 0.25) is 5.88 Å². The highest BCUT2D eigenvalue weighted by atomic mass is 19.1. The Hall–Kier alpha value is -4.30. The first-order valence-corrected chi connectivity index (χ1v) is 14.4. The molecule has 7 rings (SSSR count). The third kappa shape index (κ3) is 5.25. The number of phenols is 1. The van der Waals surface area contributed by atoms with E-state index < -0.39 is 17.8 Å². The van der Waals surface area contributed by atoms with Crippen LogP contribution in [0.2, 0.25) is 0 Å². The molecule has 0 saturated carbocycles. The van der Waals surface area contributed by atoms with Crippen molar-refractivity contribution < 1.29 is 27.8 Å². The maximum absolute atomic E-state index is 16.1. The number of rotatable bonds is 4. The van der Waals surface area contributed by atoms with Gasteiger partial charge in [-0.3, -0.25) is 4.90 Å². The number of hydrogen-bond donors (Lipinski definition) is 1. The first-order chi connectivity index (χ1) is 20.8. The van der Waals surface area contributed by atoms with E-state index in [2.05, 4.69) is 25.8 Å². The molecule has 43 heavy (non-hydrogen) atoms. The van der Waals surface area contributed by atoms with Gasteiger partial charge in [-0.05, 0) is 62.2 Å². The van der Waals surface area contributed by atoms with Gasteiger partial charge in [0.15, 0.2) is 5.82 Å². The molecule has 1 N–H and O–H groups in total. The maximum atomic E-state index is 16.1. The molecule has 11 heteroatoms. The fourth-order valence-electron chi connectivity index (χ4n) is 6.46. The zero-order valence-corrected chi connectivity index (χ0v) is 24.0. The van der Waals surface area contributed by atoms with Crippen molar-refractivity contribution >= 4 is 27.5 Å². The number of phenolic OH excluding ortho intramolecular Hbond substituents is 1. The lowest BCUT2D eigenvalue weighted by atomic mass is 9.95. The Morgan fingerprint density at radius 2 is 1.79 bits per heavy atom. The number of hydrogen-bond acceptors (Lipinski definition) is 8. The standard InChI is InChI=1S/C25H20F2N4O3.C7H12FN/c1-4-15-17(26)8-7-13-11-14(32)12-16(18(13)15)21-20(27)22-19(24(28-21)33-2)23(30-25(29-22)34-3)31-9-5-6-10-31;8-6-4-7-2-1-3-9(7)5-6/h1,7-8,11-12,32H,5-6,9-10H2,2-3H3;6-7H,1-5H2. The molecule has 0 radical (unpaired) electrons. The second-order valence-electron chi connectivity index (χ2n) is 11.0. The van der Waals surface area contributed by atoms with Crippen molar-refractivity contribution in [1.29, 1.82) is 0 Å². The molecule has 0 amide bonds. The molecule has 2 unspecified atom stereocenters. The number of benzene rings is 2. The van der Waals surface area contributed by atoms with Crippen LogP contribution in [0.3, 0.4) is 0 Å². The summed E-state index contributed by atoms with van der Waals surface area (Å²) in [6.07, 6.45) is 10.3. The van der Waals surface area contributed by atoms with Crippen LogP contribution in [0, 0.1) is 24.0 Å². The van der Waals surface area contributed by atoms with Gasteiger partial charge in [0.05, 0.1) is 19.8 Å². The van der Waals surface area contributed by atoms with Gasteiger partial charge < -0.3 is 19.5 Å². The third-order valence-corrected chi connectivity index (χ3v) is 8.40. The van der Waals surface area contributed by atoms with Gasteiger partial charge in [-0.25, -0.2) is 18.2 Å². The number of fused-ring (bicyclic) bond motifs is 3. The van der Waals surface area contributed by atoms with Crippen LogP contribution in [0.4, 0.5) is 19.0 Å². The second kappa shape index (κ2) is 11.8. The smallest absolute Gasteiger partial charge is 0.318 e. The van der Waals surface area contributed by atoms with E-state index in [-0.39, 0.29) is 45.4 Å². The largest absolute Gasteiger partial charge is 0.508 e. The summed E-state index contributed by atoms with van der Waals surface area (Å²) in [5.74, 6) is 1.28. The minimum absolute atomic E-state index is 0.0105. The number of aromatic hydroxyl groups is 1. The molecule has 5 heterocycles. The van der Waals surface area contributed by atoms with Crippen LogP contribution in [0.5, 0.6) is 17.6 Å². The van der Waals surface area contributed by atoms with E-state index >= 15 is 4.39 Å². The van der Waals surface area contributed by atoms with Gasteiger partial charge in [0.1, 0.15) is 40.2 Å². The third-order valence-electron chi connectivity index (χ3n) is 8.40. The Morgan fingerprint density at radius 3 is 2.49 bits per heavy atom. The first-order valence-electron chi connectivity index (χ1n) is 14.4. The quantitative estimate of drug-likeness (QED) is 0.306. The number of terminal acetylenes is 1. The predicted octanol–water partition coefficient (Wildman–Crippen LogP) is 5.62. The summed E-state index contributed by atoms with van der Waals surface area (Å²) < 4.78 is 54.1. The summed E-state index contributed by atoms with van der Waals surface area (Å²) in [4.78, 5) is 17.4. The minimum atomic E-state index is -0.795. The number of nitrogens with zero attached hydrogens (tertiary/aromatic N) is 5. The van der Waals surface area contributed by atoms with Crippen LogP contribution in [-0.2, 0) is 0 Å². The average Bonchev–Trinajstić information content (AvgIpc) is 3.76. The Kier molecular flexibility index (Phi) is 7.88. The number of ether oxygens (including phenoxy) is 2. The molecule has 3 fully saturated rings. The van der Waals surface area contributed by atoms with Crippen molar-refractivity contribution in [3.8, 4) is 41.2 Å². The lowest BCUT2D eigenvalue weighted by molar-refractivity contribution is 0.292. The van der Waals surface area contributed by atoms with Gasteiger partial charge in [-0.2, -0.15) is 9.97 Å². The monoisotopic (exact) mass is 591 g/mol. The van der Waals surface area contributed by atoms with Gasteiger partial charge >= 0.3 is 6.01 Å². The normalized spacial score (nSPS) is 19.8. The minimum Gasteiger partial charge on any atom is -0.508 e. The molecule has 0 spiro atoms. The number of alkyl halides is 1. The first kappa shape index (κ1) is 28.8. The fraction of sp³-hybridized carbons (Fsp3) is 0.406. The van der Waals surface area contributed by atoms with Crippen molar-refractivity contribution in [3.05, 3.63) is 41.5 Å². The molecule has 8 nitrogen and oxygen atoms in total. The summed E-state index contributed by atoms with van der Waals surface area (Å²) in [5, 5.41) is 11.3. The van der Waals surface area contributed by atoms with Gasteiger partial charge in [0.25, 0.3) is 0 Å². The fourth-order valence-corrected chi connectivity index (χ4v) is 6.46. The highest BCUT2D eigenvalue weighted by Crippen LogP contribution is 2.42. The zero-order chi connectivity index (χ0) is 30.2. The van der Waals surface area contributed by atoms with Crippen LogP contribution >= 0.6 is 0 Å². The summed E-state index contributed by atoms with van der Waals surface area (Å²) >= 11 is 0. The maximum Gasteiger partial charge on any atom is 0.318 e. The molecule has 2 aromatic heterocycles. The Morgan fingerprint density at radius 1 is 1.00 bits per heavy atom. The second-order valence-corrected chi connectivity index (χ2v) is 11.0. The molecule has 3 aliphatic heterocycles. The average molecular weight is 592 g/mol. The van der Waals surface area contributed by atoms with E-state index in [0.717, 1.165) is 38.9 Å². The van der Waals surface area contributed by atoms with E-state index in [1.54, 1.807) is 0 Å². The molecule has 2 aromatic carbocycles. The molecule has 3 saturated heterocycles. The summed E-state index contributed by atoms with van der Waals surface area (Å²) in [5.41, 5.74) is -0.211. The van der Waals surface area contributed by atoms with E-state index in [4.69, 9.17) is 15.9 Å². The number of methoxy groups -OCH3 is 2. The van der Waals surface area contributed by atoms with Crippen LogP contribution in [-0.4, -0.2) is 77.6 Å². The highest BCUT2D eigenvalue weighted by Gasteiger charge is 2.34. The van der Waals surface area contributed by atoms with E-state index in [1.807, 2.05) is 4.90 Å². The molecule has 0 bridgehead atoms. The molecule has 0 aliphatic carbocycles. The molecule has 4 aromatic rings. The van der Waals surface area contributed by atoms with E-state index in [1.165, 1.54) is 51.3 Å². The molecular formula is C32H32F3N5O3. The van der Waals surface area contributed by atoms with E-state index in [9.17, 15) is 13.9 Å². The summed E-state index contributed by atoms with van der Waals surface area (Å²) in [6, 6.07) is 5.97. The van der Waals surface area contributed by atoms with Crippen molar-refractivity contribution in [3.63, 3.8) is 0 Å². The van der Waals surface area contributed by atoms with Crippen molar-refractivity contribution in [1.82, 2.24) is 19.9 Å². The predicted molar refractivity (Wildman–Crippen MR) is 158 cm³/mol. The van der Waals surface area contributed by atoms with Gasteiger partial charge in [0, 0.05) is 36.6 Å². The molecule has 3 aliphatic rings. The van der Waals surface area contributed by atoms with Gasteiger partial charge in [-0.15, -0.1) is 6.42 Å². The number of halogens is 3. The number of pyridine rings is 1. The summed E-state index contributed by atoms with van der Waals surface area (Å²) in [6.45, 7) is 3.34. The number of anilines is 1. The molecular weight excluding hydrogens is 559 g/mol.